The van der Waals surface area contributed by atoms with Crippen LogP contribution in [0.1, 0.15) is 57.1 Å². The first-order valence-corrected chi connectivity index (χ1v) is 14.5. The van der Waals surface area contributed by atoms with Crippen LogP contribution in [0.25, 0.3) is 0 Å². The summed E-state index contributed by atoms with van der Waals surface area (Å²) >= 11 is 5.88. The molecule has 1 aliphatic heterocycles. The van der Waals surface area contributed by atoms with E-state index in [0.29, 0.717) is 49.0 Å². The minimum atomic E-state index is -5.08. The highest BCUT2D eigenvalue weighted by molar-refractivity contribution is 6.30. The third-order valence-corrected chi connectivity index (χ3v) is 6.79. The number of likely N-dealkylation sites (tertiary alicyclic amines) is 1. The molecular formula is C30H39ClF4N2O6. The van der Waals surface area contributed by atoms with Crippen LogP contribution in [0.5, 0.6) is 11.5 Å². The zero-order chi connectivity index (χ0) is 31.8. The van der Waals surface area contributed by atoms with E-state index in [1.807, 2.05) is 29.2 Å². The van der Waals surface area contributed by atoms with Crippen LogP contribution < -0.4 is 14.8 Å². The van der Waals surface area contributed by atoms with Gasteiger partial charge in [-0.2, -0.15) is 13.2 Å². The summed E-state index contributed by atoms with van der Waals surface area (Å²) in [4.78, 5) is 23.5. The summed E-state index contributed by atoms with van der Waals surface area (Å²) in [5, 5.41) is 21.8. The number of alkyl halides is 4. The largest absolute Gasteiger partial charge is 0.494 e. The first kappa shape index (κ1) is 36.1. The number of hydrogen-bond donors (Lipinski definition) is 3. The number of nitrogens with zero attached hydrogens (tertiary/aromatic N) is 1. The molecule has 1 saturated heterocycles. The Hall–Kier alpha value is -3.09. The Labute approximate surface area is 253 Å². The molecule has 1 heterocycles. The van der Waals surface area contributed by atoms with Crippen molar-refractivity contribution in [3.63, 3.8) is 0 Å². The maximum atomic E-state index is 13.7. The van der Waals surface area contributed by atoms with E-state index in [4.69, 9.17) is 31.0 Å². The predicted octanol–water partition coefficient (Wildman–Crippen LogP) is 5.96. The molecule has 240 valence electrons. The van der Waals surface area contributed by atoms with Gasteiger partial charge in [-0.3, -0.25) is 9.69 Å². The number of unbranched alkanes of at least 4 members (excludes halogenated alkanes) is 3. The normalized spacial score (nSPS) is 16.5. The number of aliphatic hydroxyl groups is 1. The van der Waals surface area contributed by atoms with Crippen molar-refractivity contribution >= 4 is 23.5 Å². The monoisotopic (exact) mass is 634 g/mol. The summed E-state index contributed by atoms with van der Waals surface area (Å²) in [7, 11) is 0. The van der Waals surface area contributed by atoms with Crippen LogP contribution in [0.3, 0.4) is 0 Å². The summed E-state index contributed by atoms with van der Waals surface area (Å²) in [6.45, 7) is 4.31. The fraction of sp³-hybridized carbons (Fsp3) is 0.533. The fourth-order valence-corrected chi connectivity index (χ4v) is 4.36. The van der Waals surface area contributed by atoms with E-state index in [9.17, 15) is 27.5 Å². The van der Waals surface area contributed by atoms with Crippen LogP contribution in [-0.2, 0) is 9.59 Å². The van der Waals surface area contributed by atoms with E-state index < -0.39 is 30.5 Å². The van der Waals surface area contributed by atoms with Crippen LogP contribution in [0, 0.1) is 0 Å². The van der Waals surface area contributed by atoms with Crippen LogP contribution in [0.15, 0.2) is 48.5 Å². The highest BCUT2D eigenvalue weighted by atomic mass is 35.5. The van der Waals surface area contributed by atoms with Gasteiger partial charge >= 0.3 is 12.1 Å². The van der Waals surface area contributed by atoms with Gasteiger partial charge < -0.3 is 25.0 Å². The molecule has 0 spiro atoms. The summed E-state index contributed by atoms with van der Waals surface area (Å²) in [5.41, 5.74) is 0.673. The molecule has 3 rings (SSSR count). The highest BCUT2D eigenvalue weighted by Gasteiger charge is 2.38. The van der Waals surface area contributed by atoms with Gasteiger partial charge in [-0.05, 0) is 54.8 Å². The third kappa shape index (κ3) is 14.3. The van der Waals surface area contributed by atoms with Gasteiger partial charge in [0.15, 0.2) is 0 Å². The molecule has 2 aromatic carbocycles. The Morgan fingerprint density at radius 3 is 2.14 bits per heavy atom. The van der Waals surface area contributed by atoms with E-state index >= 15 is 0 Å². The highest BCUT2D eigenvalue weighted by Crippen LogP contribution is 2.23. The number of carboxylic acids is 1. The van der Waals surface area contributed by atoms with Gasteiger partial charge in [0.25, 0.3) is 0 Å². The molecular weight excluding hydrogens is 596 g/mol. The Kier molecular flexibility index (Phi) is 15.6. The lowest BCUT2D eigenvalue weighted by Crippen LogP contribution is -2.47. The van der Waals surface area contributed by atoms with Crippen molar-refractivity contribution in [2.45, 2.75) is 69.9 Å². The van der Waals surface area contributed by atoms with Crippen molar-refractivity contribution in [1.29, 1.82) is 0 Å². The smallest absolute Gasteiger partial charge is 0.490 e. The second-order valence-corrected chi connectivity index (χ2v) is 10.5. The fourth-order valence-electron chi connectivity index (χ4n) is 4.24. The molecule has 43 heavy (non-hydrogen) atoms. The number of rotatable bonds is 15. The molecule has 0 bridgehead atoms. The summed E-state index contributed by atoms with van der Waals surface area (Å²) in [6, 6.07) is 13.7. The molecule has 1 amide bonds. The quantitative estimate of drug-likeness (QED) is 0.164. The second kappa shape index (κ2) is 18.5. The van der Waals surface area contributed by atoms with Crippen molar-refractivity contribution in [3.8, 4) is 11.5 Å². The second-order valence-electron chi connectivity index (χ2n) is 10.1. The topological polar surface area (TPSA) is 108 Å². The number of ether oxygens (including phenoxy) is 2. The molecule has 8 nitrogen and oxygen atoms in total. The van der Waals surface area contributed by atoms with Crippen LogP contribution in [0.4, 0.5) is 17.6 Å². The molecule has 1 aliphatic rings. The van der Waals surface area contributed by atoms with E-state index in [2.05, 4.69) is 12.2 Å². The van der Waals surface area contributed by atoms with Gasteiger partial charge in [0.2, 0.25) is 5.91 Å². The van der Waals surface area contributed by atoms with Crippen LogP contribution in [-0.4, -0.2) is 78.2 Å². The molecule has 1 fully saturated rings. The van der Waals surface area contributed by atoms with Crippen molar-refractivity contribution < 1.29 is 46.8 Å². The number of carbonyl (C=O) groups excluding carboxylic acids is 1. The van der Waals surface area contributed by atoms with E-state index in [0.717, 1.165) is 18.6 Å². The lowest BCUT2D eigenvalue weighted by molar-refractivity contribution is -0.192. The van der Waals surface area contributed by atoms with Crippen LogP contribution in [0.2, 0.25) is 5.02 Å². The first-order chi connectivity index (χ1) is 20.4. The minimum absolute atomic E-state index is 0.127. The number of aliphatic carboxylic acids is 1. The molecule has 0 saturated carbocycles. The summed E-state index contributed by atoms with van der Waals surface area (Å²) in [6.07, 6.45) is -1.76. The molecule has 3 atom stereocenters. The molecule has 3 N–H and O–H groups in total. The Balaban J connectivity index is 0.000000821. The predicted molar refractivity (Wildman–Crippen MR) is 154 cm³/mol. The molecule has 2 aromatic rings. The van der Waals surface area contributed by atoms with E-state index in [-0.39, 0.29) is 18.9 Å². The lowest BCUT2D eigenvalue weighted by atomic mass is 10.0. The molecule has 13 heteroatoms. The minimum Gasteiger partial charge on any atom is -0.494 e. The average Bonchev–Trinajstić information content (AvgIpc) is 3.37. The van der Waals surface area contributed by atoms with Crippen LogP contribution >= 0.6 is 11.6 Å². The van der Waals surface area contributed by atoms with Gasteiger partial charge in [-0.1, -0.05) is 49.9 Å². The van der Waals surface area contributed by atoms with Gasteiger partial charge in [0, 0.05) is 24.7 Å². The summed E-state index contributed by atoms with van der Waals surface area (Å²) < 4.78 is 56.9. The zero-order valence-corrected chi connectivity index (χ0v) is 24.7. The Bertz CT molecular complexity index is 1110. The van der Waals surface area contributed by atoms with Crippen molar-refractivity contribution in [2.75, 3.05) is 32.8 Å². The Morgan fingerprint density at radius 1 is 1.02 bits per heavy atom. The summed E-state index contributed by atoms with van der Waals surface area (Å²) in [5.74, 6) is -1.62. The first-order valence-electron chi connectivity index (χ1n) is 14.1. The maximum absolute atomic E-state index is 13.7. The number of carboxylic acid groups (broad SMARTS) is 1. The number of aliphatic hydroxyl groups excluding tert-OH is 1. The lowest BCUT2D eigenvalue weighted by Gasteiger charge is -2.29. The van der Waals surface area contributed by atoms with Gasteiger partial charge in [0.1, 0.15) is 23.8 Å². The van der Waals surface area contributed by atoms with Gasteiger partial charge in [-0.15, -0.1) is 0 Å². The maximum Gasteiger partial charge on any atom is 0.490 e. The number of hydrogen-bond acceptors (Lipinski definition) is 6. The van der Waals surface area contributed by atoms with Crippen molar-refractivity contribution in [2.24, 2.45) is 0 Å². The van der Waals surface area contributed by atoms with E-state index in [1.165, 1.54) is 12.8 Å². The van der Waals surface area contributed by atoms with Crippen molar-refractivity contribution in [3.05, 3.63) is 59.1 Å². The Morgan fingerprint density at radius 2 is 1.60 bits per heavy atom. The number of carbonyl (C=O) groups is 2. The molecule has 0 unspecified atom stereocenters. The standard InChI is InChI=1S/C28H38ClFN2O4.C2HF3O2/c1-2-3-4-5-17-35-24-10-6-21(7-11-24)28(34)26(20-32-16-14-23(30)19-32)31-27(33)15-18-36-25-12-8-22(29)9-13-25;3-2(4,5)1(6)7/h6-13,23,26,28,34H,2-5,14-20H2,1H3,(H,31,33);(H,6,7)/t23-,26-,28-;/m1./s1. The molecule has 0 aliphatic carbocycles. The van der Waals surface area contributed by atoms with Crippen molar-refractivity contribution in [1.82, 2.24) is 10.2 Å². The van der Waals surface area contributed by atoms with Gasteiger partial charge in [0.05, 0.1) is 25.7 Å². The average molecular weight is 635 g/mol. The number of amides is 1. The van der Waals surface area contributed by atoms with Gasteiger partial charge in [-0.25, -0.2) is 9.18 Å². The number of benzene rings is 2. The third-order valence-electron chi connectivity index (χ3n) is 6.54. The van der Waals surface area contributed by atoms with E-state index in [1.54, 1.807) is 24.3 Å². The molecule has 0 radical (unpaired) electrons. The number of halogens is 5. The SMILES string of the molecule is CCCCCCOc1ccc([C@@H](O)[C@@H](CN2CC[C@@H](F)C2)NC(=O)CCOc2ccc(Cl)cc2)cc1.O=C(O)C(F)(F)F. The zero-order valence-electron chi connectivity index (χ0n) is 24.0. The number of nitrogens with one attached hydrogen (secondary N) is 1. The molecule has 0 aromatic heterocycles.